The van der Waals surface area contributed by atoms with E-state index >= 15 is 0 Å². The minimum atomic E-state index is -1.57. The topological polar surface area (TPSA) is 149 Å². The van der Waals surface area contributed by atoms with Crippen molar-refractivity contribution >= 4 is 5.91 Å². The second kappa shape index (κ2) is 45.2. The van der Waals surface area contributed by atoms with E-state index in [9.17, 15) is 30.3 Å². The van der Waals surface area contributed by atoms with Crippen LogP contribution in [0.4, 0.5) is 0 Å². The molecule has 9 heteroatoms. The van der Waals surface area contributed by atoms with Gasteiger partial charge in [-0.3, -0.25) is 4.79 Å². The molecular weight excluding hydrogens is 803 g/mol. The van der Waals surface area contributed by atoms with Gasteiger partial charge in [-0.1, -0.05) is 237 Å². The standard InChI is InChI=1S/C55H103NO8/c1-3-5-7-9-11-13-15-17-19-21-23-25-27-29-31-33-35-37-39-41-43-45-51(59)56-48(47-63-55-54(62)53(61)52(60)50(46-57)64-55)49(58)44-42-40-38-36-34-32-30-28-26-24-22-20-18-16-14-12-10-8-6-4-2/h5,7,11,13,42,44,48-50,52-55,57-58,60-62H,3-4,6,8-10,12,14-41,43,45-47H2,1-2H3,(H,56,59)/b7-5-,13-11-,44-42+. The van der Waals surface area contributed by atoms with Gasteiger partial charge in [-0.15, -0.1) is 0 Å². The monoisotopic (exact) mass is 906 g/mol. The third-order valence-electron chi connectivity index (χ3n) is 13.0. The molecule has 9 nitrogen and oxygen atoms in total. The number of aliphatic hydroxyl groups is 5. The van der Waals surface area contributed by atoms with Gasteiger partial charge < -0.3 is 40.3 Å². The van der Waals surface area contributed by atoms with Gasteiger partial charge in [0.15, 0.2) is 6.29 Å². The molecule has 0 aliphatic carbocycles. The van der Waals surface area contributed by atoms with E-state index in [0.29, 0.717) is 6.42 Å². The highest BCUT2D eigenvalue weighted by Gasteiger charge is 2.44. The van der Waals surface area contributed by atoms with Crippen LogP contribution < -0.4 is 5.32 Å². The third-order valence-corrected chi connectivity index (χ3v) is 13.0. The summed E-state index contributed by atoms with van der Waals surface area (Å²) in [5.74, 6) is -0.175. The van der Waals surface area contributed by atoms with E-state index in [1.54, 1.807) is 6.08 Å². The SMILES string of the molecule is CC/C=C\C/C=C\CCCCCCCCCCCCCCCCC(=O)NC(COC1OC(CO)C(O)C(O)C1O)C(O)/C=C/CCCCCCCCCCCCCCCCCCCC. The van der Waals surface area contributed by atoms with Crippen LogP contribution in [0.25, 0.3) is 0 Å². The normalized spacial score (nSPS) is 20.3. The molecule has 0 radical (unpaired) electrons. The van der Waals surface area contributed by atoms with E-state index in [0.717, 1.165) is 51.4 Å². The molecule has 1 saturated heterocycles. The molecule has 0 aromatic rings. The van der Waals surface area contributed by atoms with E-state index in [4.69, 9.17) is 9.47 Å². The fourth-order valence-electron chi connectivity index (χ4n) is 8.67. The molecule has 1 aliphatic rings. The van der Waals surface area contributed by atoms with Crippen LogP contribution in [0.1, 0.15) is 251 Å². The van der Waals surface area contributed by atoms with Crippen LogP contribution in [0, 0.1) is 0 Å². The summed E-state index contributed by atoms with van der Waals surface area (Å²) < 4.78 is 11.3. The van der Waals surface area contributed by atoms with Crippen molar-refractivity contribution in [3.63, 3.8) is 0 Å². The lowest BCUT2D eigenvalue weighted by atomic mass is 9.99. The van der Waals surface area contributed by atoms with Crippen LogP contribution in [0.3, 0.4) is 0 Å². The summed E-state index contributed by atoms with van der Waals surface area (Å²) in [4.78, 5) is 13.0. The first-order valence-corrected chi connectivity index (χ1v) is 27.2. The molecule has 376 valence electrons. The molecule has 0 saturated carbocycles. The number of unbranched alkanes of at least 4 members (excludes halogenated alkanes) is 32. The van der Waals surface area contributed by atoms with Gasteiger partial charge in [-0.05, 0) is 44.9 Å². The largest absolute Gasteiger partial charge is 0.394 e. The van der Waals surface area contributed by atoms with Gasteiger partial charge in [0.1, 0.15) is 24.4 Å². The molecule has 64 heavy (non-hydrogen) atoms. The molecule has 1 rings (SSSR count). The van der Waals surface area contributed by atoms with Crippen LogP contribution in [-0.2, 0) is 14.3 Å². The molecule has 0 spiro atoms. The molecule has 1 aliphatic heterocycles. The lowest BCUT2D eigenvalue weighted by Crippen LogP contribution is -2.60. The Balaban J connectivity index is 2.26. The van der Waals surface area contributed by atoms with Crippen molar-refractivity contribution in [2.45, 2.75) is 294 Å². The minimum absolute atomic E-state index is 0.175. The van der Waals surface area contributed by atoms with Crippen molar-refractivity contribution < 1.29 is 39.8 Å². The maximum atomic E-state index is 13.0. The lowest BCUT2D eigenvalue weighted by Gasteiger charge is -2.40. The number of carbonyl (C=O) groups is 1. The minimum Gasteiger partial charge on any atom is -0.394 e. The first-order chi connectivity index (χ1) is 31.3. The average Bonchev–Trinajstić information content (AvgIpc) is 3.29. The number of rotatable bonds is 46. The number of hydrogen-bond donors (Lipinski definition) is 6. The number of hydrogen-bond acceptors (Lipinski definition) is 8. The van der Waals surface area contributed by atoms with Gasteiger partial charge in [0.05, 0.1) is 25.4 Å². The molecular formula is C55H103NO8. The summed E-state index contributed by atoms with van der Waals surface area (Å²) in [5, 5.41) is 54.5. The third kappa shape index (κ3) is 34.7. The van der Waals surface area contributed by atoms with Gasteiger partial charge in [0, 0.05) is 6.42 Å². The van der Waals surface area contributed by atoms with E-state index in [2.05, 4.69) is 43.5 Å². The molecule has 1 amide bonds. The van der Waals surface area contributed by atoms with Crippen LogP contribution in [0.2, 0.25) is 0 Å². The molecule has 0 bridgehead atoms. The first-order valence-electron chi connectivity index (χ1n) is 27.2. The van der Waals surface area contributed by atoms with Crippen LogP contribution in [0.15, 0.2) is 36.5 Å². The van der Waals surface area contributed by atoms with E-state index in [-0.39, 0.29) is 12.5 Å². The smallest absolute Gasteiger partial charge is 0.220 e. The second-order valence-corrected chi connectivity index (χ2v) is 19.0. The predicted octanol–water partition coefficient (Wildman–Crippen LogP) is 12.8. The molecule has 7 atom stereocenters. The summed E-state index contributed by atoms with van der Waals surface area (Å²) in [6.07, 6.45) is 50.5. The Morgan fingerprint density at radius 3 is 1.42 bits per heavy atom. The highest BCUT2D eigenvalue weighted by atomic mass is 16.7. The maximum absolute atomic E-state index is 13.0. The van der Waals surface area contributed by atoms with Crippen LogP contribution in [-0.4, -0.2) is 87.5 Å². The van der Waals surface area contributed by atoms with Gasteiger partial charge in [-0.25, -0.2) is 0 Å². The highest BCUT2D eigenvalue weighted by Crippen LogP contribution is 2.23. The fraction of sp³-hybridized carbons (Fsp3) is 0.873. The van der Waals surface area contributed by atoms with Gasteiger partial charge in [-0.2, -0.15) is 0 Å². The van der Waals surface area contributed by atoms with E-state index in [1.165, 1.54) is 180 Å². The zero-order valence-electron chi connectivity index (χ0n) is 41.5. The quantitative estimate of drug-likeness (QED) is 0.0261. The molecule has 1 heterocycles. The van der Waals surface area contributed by atoms with Crippen molar-refractivity contribution in [3.8, 4) is 0 Å². The Hall–Kier alpha value is -1.59. The lowest BCUT2D eigenvalue weighted by molar-refractivity contribution is -0.302. The van der Waals surface area contributed by atoms with Crippen molar-refractivity contribution in [1.29, 1.82) is 0 Å². The Bertz CT molecular complexity index is 1100. The summed E-state index contributed by atoms with van der Waals surface area (Å²) >= 11 is 0. The molecule has 0 aromatic heterocycles. The predicted molar refractivity (Wildman–Crippen MR) is 267 cm³/mol. The fourth-order valence-corrected chi connectivity index (χ4v) is 8.67. The highest BCUT2D eigenvalue weighted by molar-refractivity contribution is 5.76. The number of carbonyl (C=O) groups excluding carboxylic acids is 1. The Labute approximate surface area is 393 Å². The molecule has 6 N–H and O–H groups in total. The summed E-state index contributed by atoms with van der Waals surface area (Å²) in [7, 11) is 0. The van der Waals surface area contributed by atoms with Crippen molar-refractivity contribution in [1.82, 2.24) is 5.32 Å². The van der Waals surface area contributed by atoms with E-state index in [1.807, 2.05) is 6.08 Å². The number of aliphatic hydroxyl groups excluding tert-OH is 5. The number of ether oxygens (including phenoxy) is 2. The first kappa shape index (κ1) is 60.4. The van der Waals surface area contributed by atoms with E-state index < -0.39 is 49.5 Å². The zero-order chi connectivity index (χ0) is 46.6. The summed E-state index contributed by atoms with van der Waals surface area (Å²) in [5.41, 5.74) is 0. The average molecular weight is 906 g/mol. The van der Waals surface area contributed by atoms with Crippen molar-refractivity contribution in [3.05, 3.63) is 36.5 Å². The Kier molecular flexibility index (Phi) is 42.7. The summed E-state index contributed by atoms with van der Waals surface area (Å²) in [6, 6.07) is -0.804. The molecule has 1 fully saturated rings. The number of allylic oxidation sites excluding steroid dienone is 5. The number of nitrogens with one attached hydrogen (secondary N) is 1. The van der Waals surface area contributed by atoms with Crippen LogP contribution >= 0.6 is 0 Å². The molecule has 7 unspecified atom stereocenters. The van der Waals surface area contributed by atoms with Crippen molar-refractivity contribution in [2.24, 2.45) is 0 Å². The van der Waals surface area contributed by atoms with Gasteiger partial charge in [0.25, 0.3) is 0 Å². The second-order valence-electron chi connectivity index (χ2n) is 19.0. The van der Waals surface area contributed by atoms with Crippen molar-refractivity contribution in [2.75, 3.05) is 13.2 Å². The summed E-state index contributed by atoms with van der Waals surface area (Å²) in [6.45, 7) is 3.70. The van der Waals surface area contributed by atoms with Gasteiger partial charge >= 0.3 is 0 Å². The zero-order valence-corrected chi connectivity index (χ0v) is 41.5. The Morgan fingerprint density at radius 2 is 0.969 bits per heavy atom. The van der Waals surface area contributed by atoms with Crippen LogP contribution in [0.5, 0.6) is 0 Å². The Morgan fingerprint density at radius 1 is 0.547 bits per heavy atom. The maximum Gasteiger partial charge on any atom is 0.220 e. The molecule has 0 aromatic carbocycles. The van der Waals surface area contributed by atoms with Gasteiger partial charge in [0.2, 0.25) is 5.91 Å². The number of amides is 1.